The molecule has 1 aromatic carbocycles. The first-order valence-electron chi connectivity index (χ1n) is 9.81. The Morgan fingerprint density at radius 1 is 1.24 bits per heavy atom. The van der Waals surface area contributed by atoms with Crippen molar-refractivity contribution in [2.75, 3.05) is 27.2 Å². The third-order valence-electron chi connectivity index (χ3n) is 5.12. The average Bonchev–Trinajstić information content (AvgIpc) is 3.34. The van der Waals surface area contributed by atoms with Gasteiger partial charge in [0.15, 0.2) is 5.76 Å². The molecule has 1 N–H and O–H groups in total. The second kappa shape index (κ2) is 8.08. The number of carbonyl (C=O) groups is 1. The Kier molecular flexibility index (Phi) is 5.35. The molecule has 3 heterocycles. The molecule has 1 aliphatic rings. The zero-order chi connectivity index (χ0) is 20.4. The van der Waals surface area contributed by atoms with Gasteiger partial charge in [-0.2, -0.15) is 5.10 Å². The molecule has 2 aromatic heterocycles. The first-order valence-corrected chi connectivity index (χ1v) is 9.81. The van der Waals surface area contributed by atoms with Gasteiger partial charge in [-0.15, -0.1) is 0 Å². The van der Waals surface area contributed by atoms with Gasteiger partial charge in [-0.3, -0.25) is 4.79 Å². The monoisotopic (exact) mass is 395 g/mol. The minimum absolute atomic E-state index is 0.167. The van der Waals surface area contributed by atoms with E-state index in [0.717, 1.165) is 37.4 Å². The van der Waals surface area contributed by atoms with Gasteiger partial charge in [0, 0.05) is 26.6 Å². The third-order valence-corrected chi connectivity index (χ3v) is 5.12. The minimum atomic E-state index is -0.215. The van der Waals surface area contributed by atoms with Crippen LogP contribution in [0.25, 0.3) is 5.69 Å². The van der Waals surface area contributed by atoms with E-state index in [1.165, 1.54) is 9.58 Å². The van der Waals surface area contributed by atoms with Gasteiger partial charge >= 0.3 is 5.69 Å². The summed E-state index contributed by atoms with van der Waals surface area (Å²) in [5.74, 6) is 1.47. The highest BCUT2D eigenvalue weighted by Gasteiger charge is 2.25. The summed E-state index contributed by atoms with van der Waals surface area (Å²) in [5.41, 5.74) is 0.584. The highest BCUT2D eigenvalue weighted by Crippen LogP contribution is 2.23. The zero-order valence-electron chi connectivity index (χ0n) is 16.7. The molecule has 0 saturated carbocycles. The highest BCUT2D eigenvalue weighted by atomic mass is 16.4. The number of carbonyl (C=O) groups excluding carboxylic acids is 1. The molecule has 0 spiro atoms. The molecule has 152 valence electrons. The normalized spacial score (nSPS) is 16.7. The number of piperidine rings is 1. The maximum Gasteiger partial charge on any atom is 0.351 e. The Labute approximate surface area is 168 Å². The summed E-state index contributed by atoms with van der Waals surface area (Å²) in [6.45, 7) is 1.96. The van der Waals surface area contributed by atoms with Gasteiger partial charge in [0.25, 0.3) is 5.91 Å². The number of nitrogens with zero attached hydrogens (tertiary/aromatic N) is 4. The number of benzene rings is 1. The lowest BCUT2D eigenvalue weighted by Crippen LogP contribution is -2.31. The smallest absolute Gasteiger partial charge is 0.351 e. The molecule has 1 atom stereocenters. The maximum absolute atomic E-state index is 13.2. The summed E-state index contributed by atoms with van der Waals surface area (Å²) < 4.78 is 8.76. The molecular weight excluding hydrogens is 370 g/mol. The highest BCUT2D eigenvalue weighted by molar-refractivity contribution is 5.91. The van der Waals surface area contributed by atoms with Gasteiger partial charge in [0.1, 0.15) is 18.1 Å². The second-order valence-electron chi connectivity index (χ2n) is 7.48. The summed E-state index contributed by atoms with van der Waals surface area (Å²) in [6.07, 6.45) is 2.03. The quantitative estimate of drug-likeness (QED) is 0.713. The zero-order valence-corrected chi connectivity index (χ0v) is 16.7. The summed E-state index contributed by atoms with van der Waals surface area (Å²) in [6, 6.07) is 12.9. The van der Waals surface area contributed by atoms with Gasteiger partial charge in [0.2, 0.25) is 0 Å². The van der Waals surface area contributed by atoms with Crippen molar-refractivity contribution in [3.63, 3.8) is 0 Å². The van der Waals surface area contributed by atoms with Gasteiger partial charge in [-0.05, 0) is 43.7 Å². The van der Waals surface area contributed by atoms with Crippen molar-refractivity contribution in [2.45, 2.75) is 25.3 Å². The number of aromatic nitrogens is 3. The van der Waals surface area contributed by atoms with Gasteiger partial charge in [-0.25, -0.2) is 14.0 Å². The van der Waals surface area contributed by atoms with Gasteiger partial charge in [0.05, 0.1) is 5.69 Å². The molecule has 1 amide bonds. The van der Waals surface area contributed by atoms with Crippen molar-refractivity contribution in [1.29, 1.82) is 0 Å². The summed E-state index contributed by atoms with van der Waals surface area (Å²) in [7, 11) is 3.34. The van der Waals surface area contributed by atoms with Gasteiger partial charge in [-0.1, -0.05) is 18.2 Å². The van der Waals surface area contributed by atoms with Crippen LogP contribution in [0, 0.1) is 0 Å². The molecular formula is C21H25N5O3. The molecule has 1 aliphatic heterocycles. The number of furan rings is 1. The predicted molar refractivity (Wildman–Crippen MR) is 108 cm³/mol. The second-order valence-corrected chi connectivity index (χ2v) is 7.48. The summed E-state index contributed by atoms with van der Waals surface area (Å²) in [4.78, 5) is 26.7. The predicted octanol–water partition coefficient (Wildman–Crippen LogP) is 1.84. The molecule has 8 nitrogen and oxygen atoms in total. The molecule has 0 radical (unpaired) electrons. The molecule has 0 bridgehead atoms. The van der Waals surface area contributed by atoms with Crippen LogP contribution in [0.2, 0.25) is 0 Å². The average molecular weight is 395 g/mol. The Hall–Kier alpha value is -3.13. The number of hydrogen-bond donors (Lipinski definition) is 1. The van der Waals surface area contributed by atoms with Crippen LogP contribution >= 0.6 is 0 Å². The van der Waals surface area contributed by atoms with Crippen LogP contribution < -0.4 is 11.0 Å². The van der Waals surface area contributed by atoms with E-state index in [0.29, 0.717) is 5.76 Å². The largest absolute Gasteiger partial charge is 0.454 e. The molecule has 0 unspecified atom stereocenters. The lowest BCUT2D eigenvalue weighted by Gasteiger charge is -2.22. The lowest BCUT2D eigenvalue weighted by atomic mass is 9.99. The van der Waals surface area contributed by atoms with E-state index >= 15 is 0 Å². The number of nitrogens with one attached hydrogen (secondary N) is 1. The van der Waals surface area contributed by atoms with Gasteiger partial charge < -0.3 is 14.6 Å². The van der Waals surface area contributed by atoms with Crippen molar-refractivity contribution in [1.82, 2.24) is 24.6 Å². The first kappa shape index (κ1) is 19.2. The number of rotatable bonds is 5. The molecule has 0 aliphatic carbocycles. The molecule has 3 aromatic rings. The van der Waals surface area contributed by atoms with E-state index in [-0.39, 0.29) is 29.8 Å². The Bertz CT molecular complexity index is 1040. The van der Waals surface area contributed by atoms with Crippen molar-refractivity contribution < 1.29 is 9.21 Å². The minimum Gasteiger partial charge on any atom is -0.454 e. The van der Waals surface area contributed by atoms with Crippen molar-refractivity contribution in [3.8, 4) is 5.69 Å². The van der Waals surface area contributed by atoms with Crippen LogP contribution in [0.15, 0.2) is 51.7 Å². The van der Waals surface area contributed by atoms with Crippen LogP contribution in [-0.4, -0.2) is 52.3 Å². The third kappa shape index (κ3) is 3.88. The number of para-hydroxylation sites is 1. The van der Waals surface area contributed by atoms with Crippen molar-refractivity contribution in [3.05, 3.63) is 70.3 Å². The van der Waals surface area contributed by atoms with E-state index < -0.39 is 0 Å². The van der Waals surface area contributed by atoms with Crippen LogP contribution in [0.4, 0.5) is 0 Å². The fourth-order valence-corrected chi connectivity index (χ4v) is 3.63. The van der Waals surface area contributed by atoms with E-state index in [1.807, 2.05) is 30.3 Å². The van der Waals surface area contributed by atoms with Crippen LogP contribution in [0.1, 0.15) is 40.9 Å². The van der Waals surface area contributed by atoms with E-state index in [1.54, 1.807) is 30.8 Å². The standard InChI is InChI=1S/C21H25N5O3/c1-24(2)20(27)18-11-10-17(29-18)14-25-21(28)26(16-8-4-3-5-9-16)19(23-25)15-7-6-12-22-13-15/h3-5,8-11,15,22H,6-7,12-14H2,1-2H3/t15-/m0/s1. The van der Waals surface area contributed by atoms with Crippen LogP contribution in [0.5, 0.6) is 0 Å². The molecule has 1 fully saturated rings. The number of hydrogen-bond acceptors (Lipinski definition) is 5. The van der Waals surface area contributed by atoms with E-state index in [2.05, 4.69) is 10.4 Å². The van der Waals surface area contributed by atoms with E-state index in [4.69, 9.17) is 4.42 Å². The lowest BCUT2D eigenvalue weighted by molar-refractivity contribution is 0.0794. The Balaban J connectivity index is 1.70. The van der Waals surface area contributed by atoms with Crippen molar-refractivity contribution >= 4 is 5.91 Å². The molecule has 8 heteroatoms. The topological polar surface area (TPSA) is 85.3 Å². The molecule has 4 rings (SSSR count). The Morgan fingerprint density at radius 2 is 2.03 bits per heavy atom. The molecule has 1 saturated heterocycles. The fraction of sp³-hybridized carbons (Fsp3) is 0.381. The molecule has 29 heavy (non-hydrogen) atoms. The summed E-state index contributed by atoms with van der Waals surface area (Å²) in [5, 5.41) is 8.06. The number of amides is 1. The Morgan fingerprint density at radius 3 is 2.72 bits per heavy atom. The van der Waals surface area contributed by atoms with Crippen molar-refractivity contribution in [2.24, 2.45) is 0 Å². The summed E-state index contributed by atoms with van der Waals surface area (Å²) >= 11 is 0. The van der Waals surface area contributed by atoms with Crippen LogP contribution in [0.3, 0.4) is 0 Å². The van der Waals surface area contributed by atoms with Crippen LogP contribution in [-0.2, 0) is 6.54 Å². The SMILES string of the molecule is CN(C)C(=O)c1ccc(Cn2nc([C@H]3CCCNC3)n(-c3ccccc3)c2=O)o1. The maximum atomic E-state index is 13.2. The fourth-order valence-electron chi connectivity index (χ4n) is 3.63. The van der Waals surface area contributed by atoms with E-state index in [9.17, 15) is 9.59 Å². The first-order chi connectivity index (χ1) is 14.0.